The minimum Gasteiger partial charge on any atom is -0.408 e. The number of aromatic amines is 1. The third-order valence-electron chi connectivity index (χ3n) is 3.68. The van der Waals surface area contributed by atoms with Crippen LogP contribution >= 0.6 is 0 Å². The molecule has 3 N–H and O–H groups in total. The zero-order valence-electron chi connectivity index (χ0n) is 10.8. The predicted molar refractivity (Wildman–Crippen MR) is 73.5 cm³/mol. The number of nitrogens with one attached hydrogen (secondary N) is 1. The number of nitrogens with zero attached hydrogens (tertiary/aromatic N) is 1. The fourth-order valence-electron chi connectivity index (χ4n) is 2.61. The second-order valence-electron chi connectivity index (χ2n) is 4.84. The number of hydrogen-bond donors (Lipinski definition) is 2. The average Bonchev–Trinajstić information content (AvgIpc) is 2.77. The van der Waals surface area contributed by atoms with Gasteiger partial charge in [0.05, 0.1) is 23.0 Å². The minimum atomic E-state index is -0.454. The van der Waals surface area contributed by atoms with Crippen LogP contribution < -0.4 is 16.4 Å². The summed E-state index contributed by atoms with van der Waals surface area (Å²) < 4.78 is 10.4. The molecule has 0 bridgehead atoms. The Kier molecular flexibility index (Phi) is 2.94. The number of rotatable bonds is 2. The fourth-order valence-corrected chi connectivity index (χ4v) is 2.61. The van der Waals surface area contributed by atoms with Crippen LogP contribution in [0.15, 0.2) is 21.3 Å². The second kappa shape index (κ2) is 4.62. The normalized spacial score (nSPS) is 17.2. The van der Waals surface area contributed by atoms with Gasteiger partial charge in [-0.25, -0.2) is 4.79 Å². The zero-order valence-corrected chi connectivity index (χ0v) is 10.8. The van der Waals surface area contributed by atoms with Crippen LogP contribution in [0.2, 0.25) is 0 Å². The lowest BCUT2D eigenvalue weighted by Crippen LogP contribution is -2.37. The van der Waals surface area contributed by atoms with Crippen molar-refractivity contribution in [2.45, 2.75) is 18.9 Å². The van der Waals surface area contributed by atoms with Gasteiger partial charge in [0.2, 0.25) is 0 Å². The first-order valence-corrected chi connectivity index (χ1v) is 6.37. The first-order valence-electron chi connectivity index (χ1n) is 6.37. The molecule has 0 unspecified atom stereocenters. The number of piperidine rings is 1. The van der Waals surface area contributed by atoms with E-state index in [-0.39, 0.29) is 0 Å². The fraction of sp³-hybridized carbons (Fsp3) is 0.462. The van der Waals surface area contributed by atoms with Crippen LogP contribution in [-0.4, -0.2) is 31.3 Å². The molecule has 1 saturated heterocycles. The molecule has 1 aromatic carbocycles. The van der Waals surface area contributed by atoms with Crippen molar-refractivity contribution in [1.29, 1.82) is 0 Å². The Morgan fingerprint density at radius 3 is 2.84 bits per heavy atom. The van der Waals surface area contributed by atoms with E-state index in [1.54, 1.807) is 13.2 Å². The van der Waals surface area contributed by atoms with Crippen molar-refractivity contribution < 1.29 is 9.15 Å². The van der Waals surface area contributed by atoms with Gasteiger partial charge in [-0.2, -0.15) is 0 Å². The number of nitrogens with two attached hydrogens (primary N) is 1. The van der Waals surface area contributed by atoms with Crippen LogP contribution in [-0.2, 0) is 4.74 Å². The number of oxazole rings is 1. The molecule has 1 fully saturated rings. The maximum Gasteiger partial charge on any atom is 0.417 e. The molecule has 1 aliphatic heterocycles. The molecule has 0 atom stereocenters. The van der Waals surface area contributed by atoms with Crippen molar-refractivity contribution in [3.8, 4) is 0 Å². The molecule has 19 heavy (non-hydrogen) atoms. The average molecular weight is 263 g/mol. The largest absolute Gasteiger partial charge is 0.417 e. The summed E-state index contributed by atoms with van der Waals surface area (Å²) >= 11 is 0. The van der Waals surface area contributed by atoms with E-state index in [9.17, 15) is 4.79 Å². The van der Waals surface area contributed by atoms with E-state index in [1.165, 1.54) is 0 Å². The Labute approximate surface area is 110 Å². The molecule has 1 aliphatic rings. The quantitative estimate of drug-likeness (QED) is 0.798. The van der Waals surface area contributed by atoms with Crippen LogP contribution in [0.4, 0.5) is 11.4 Å². The first kappa shape index (κ1) is 12.1. The molecule has 0 aliphatic carbocycles. The highest BCUT2D eigenvalue weighted by Gasteiger charge is 2.21. The minimum absolute atomic E-state index is 0.329. The van der Waals surface area contributed by atoms with Gasteiger partial charge in [-0.15, -0.1) is 0 Å². The van der Waals surface area contributed by atoms with E-state index in [1.807, 2.05) is 6.07 Å². The molecule has 102 valence electrons. The molecular weight excluding hydrogens is 246 g/mol. The van der Waals surface area contributed by atoms with E-state index in [2.05, 4.69) is 9.88 Å². The predicted octanol–water partition coefficient (Wildman–Crippen LogP) is 1.32. The monoisotopic (exact) mass is 263 g/mol. The van der Waals surface area contributed by atoms with Gasteiger partial charge in [-0.05, 0) is 18.9 Å². The lowest BCUT2D eigenvalue weighted by Gasteiger charge is -2.33. The van der Waals surface area contributed by atoms with Gasteiger partial charge in [0.15, 0.2) is 5.58 Å². The Bertz CT molecular complexity index is 638. The van der Waals surface area contributed by atoms with Crippen molar-refractivity contribution in [2.24, 2.45) is 0 Å². The maximum atomic E-state index is 11.2. The zero-order chi connectivity index (χ0) is 13.4. The van der Waals surface area contributed by atoms with E-state index < -0.39 is 5.76 Å². The Morgan fingerprint density at radius 1 is 1.42 bits per heavy atom. The molecule has 6 nitrogen and oxygen atoms in total. The third-order valence-corrected chi connectivity index (χ3v) is 3.68. The molecule has 0 saturated carbocycles. The van der Waals surface area contributed by atoms with Gasteiger partial charge in [-0.3, -0.25) is 4.98 Å². The summed E-state index contributed by atoms with van der Waals surface area (Å²) in [5.74, 6) is -0.454. The van der Waals surface area contributed by atoms with E-state index in [0.29, 0.717) is 22.9 Å². The molecule has 0 spiro atoms. The molecule has 1 aromatic heterocycles. The highest BCUT2D eigenvalue weighted by Crippen LogP contribution is 2.30. The molecule has 0 radical (unpaired) electrons. The lowest BCUT2D eigenvalue weighted by atomic mass is 10.1. The van der Waals surface area contributed by atoms with Gasteiger partial charge in [-0.1, -0.05) is 0 Å². The molecule has 2 heterocycles. The first-order chi connectivity index (χ1) is 9.17. The van der Waals surface area contributed by atoms with Crippen molar-refractivity contribution in [1.82, 2.24) is 4.98 Å². The summed E-state index contributed by atoms with van der Waals surface area (Å²) in [6, 6.07) is 3.58. The Morgan fingerprint density at radius 2 is 2.16 bits per heavy atom. The van der Waals surface area contributed by atoms with E-state index in [0.717, 1.165) is 31.6 Å². The SMILES string of the molecule is COC1CCN(c2cc3[nH]c(=O)oc3cc2N)CC1. The van der Waals surface area contributed by atoms with Crippen LogP contribution in [0, 0.1) is 0 Å². The number of benzene rings is 1. The summed E-state index contributed by atoms with van der Waals surface area (Å²) in [5, 5.41) is 0. The Balaban J connectivity index is 1.92. The van der Waals surface area contributed by atoms with Crippen LogP contribution in [0.1, 0.15) is 12.8 Å². The van der Waals surface area contributed by atoms with Gasteiger partial charge >= 0.3 is 5.76 Å². The van der Waals surface area contributed by atoms with Gasteiger partial charge in [0.1, 0.15) is 0 Å². The second-order valence-corrected chi connectivity index (χ2v) is 4.84. The van der Waals surface area contributed by atoms with Gasteiger partial charge < -0.3 is 19.8 Å². The van der Waals surface area contributed by atoms with Crippen molar-refractivity contribution in [3.05, 3.63) is 22.7 Å². The van der Waals surface area contributed by atoms with Gasteiger partial charge in [0.25, 0.3) is 0 Å². The van der Waals surface area contributed by atoms with Crippen LogP contribution in [0.5, 0.6) is 0 Å². The van der Waals surface area contributed by atoms with Crippen molar-refractivity contribution in [2.75, 3.05) is 30.8 Å². The van der Waals surface area contributed by atoms with Crippen LogP contribution in [0.3, 0.4) is 0 Å². The van der Waals surface area contributed by atoms with Gasteiger partial charge in [0, 0.05) is 26.3 Å². The lowest BCUT2D eigenvalue weighted by molar-refractivity contribution is 0.0819. The standard InChI is InChI=1S/C13H17N3O3/c1-18-8-2-4-16(5-3-8)11-7-10-12(6-9(11)14)19-13(17)15-10/h6-8H,2-5,14H2,1H3,(H,15,17). The van der Waals surface area contributed by atoms with Crippen molar-refractivity contribution in [3.63, 3.8) is 0 Å². The van der Waals surface area contributed by atoms with E-state index in [4.69, 9.17) is 14.9 Å². The summed E-state index contributed by atoms with van der Waals surface area (Å²) in [7, 11) is 1.75. The molecule has 6 heteroatoms. The smallest absolute Gasteiger partial charge is 0.408 e. The topological polar surface area (TPSA) is 84.5 Å². The number of nitrogen functional groups attached to an aromatic ring is 1. The third kappa shape index (κ3) is 2.19. The molecule has 2 aromatic rings. The molecular formula is C13H17N3O3. The number of aromatic nitrogens is 1. The summed E-state index contributed by atoms with van der Waals surface area (Å²) in [5.41, 5.74) is 8.80. The summed E-state index contributed by atoms with van der Waals surface area (Å²) in [6.45, 7) is 1.80. The van der Waals surface area contributed by atoms with Crippen LogP contribution in [0.25, 0.3) is 11.1 Å². The number of fused-ring (bicyclic) bond motifs is 1. The maximum absolute atomic E-state index is 11.2. The summed E-state index contributed by atoms with van der Waals surface area (Å²) in [4.78, 5) is 16.1. The molecule has 3 rings (SSSR count). The van der Waals surface area contributed by atoms with Crippen molar-refractivity contribution >= 4 is 22.5 Å². The number of ether oxygens (including phenoxy) is 1. The number of hydrogen-bond acceptors (Lipinski definition) is 5. The number of H-pyrrole nitrogens is 1. The highest BCUT2D eigenvalue weighted by atomic mass is 16.5. The molecule has 0 amide bonds. The highest BCUT2D eigenvalue weighted by molar-refractivity contribution is 5.85. The summed E-state index contributed by atoms with van der Waals surface area (Å²) in [6.07, 6.45) is 2.29. The number of anilines is 2. The number of methoxy groups -OCH3 is 1. The Hall–Kier alpha value is -1.95. The van der Waals surface area contributed by atoms with E-state index >= 15 is 0 Å².